The average Bonchev–Trinajstić information content (AvgIpc) is 2.34. The van der Waals surface area contributed by atoms with Gasteiger partial charge >= 0.3 is 0 Å². The molecule has 0 spiro atoms. The van der Waals surface area contributed by atoms with Crippen molar-refractivity contribution in [2.75, 3.05) is 12.3 Å². The van der Waals surface area contributed by atoms with Gasteiger partial charge in [-0.3, -0.25) is 0 Å². The van der Waals surface area contributed by atoms with Gasteiger partial charge in [-0.05, 0) is 50.0 Å². The molecule has 3 atom stereocenters. The monoisotopic (exact) mass is 303 g/mol. The minimum Gasteiger partial charge on any atom is -0.313 e. The molecule has 0 aromatic carbocycles. The zero-order valence-corrected chi connectivity index (χ0v) is 14.7. The standard InChI is InChI=1S/C16H33NO2S/c1-6-9-17-15-8-7-14(13(4)5)10-16(15)20(18,19)11-12(2)3/h12-17H,6-11H2,1-5H3. The van der Waals surface area contributed by atoms with E-state index in [-0.39, 0.29) is 17.2 Å². The molecule has 0 aromatic heterocycles. The second-order valence-electron chi connectivity index (χ2n) is 7.14. The van der Waals surface area contributed by atoms with Crippen molar-refractivity contribution in [3.8, 4) is 0 Å². The highest BCUT2D eigenvalue weighted by Crippen LogP contribution is 2.34. The highest BCUT2D eigenvalue weighted by atomic mass is 32.2. The van der Waals surface area contributed by atoms with Crippen LogP contribution in [0.5, 0.6) is 0 Å². The van der Waals surface area contributed by atoms with Crippen molar-refractivity contribution in [3.63, 3.8) is 0 Å². The van der Waals surface area contributed by atoms with Gasteiger partial charge in [0.05, 0.1) is 11.0 Å². The number of rotatable bonds is 7. The lowest BCUT2D eigenvalue weighted by molar-refractivity contribution is 0.240. The van der Waals surface area contributed by atoms with E-state index in [0.717, 1.165) is 32.2 Å². The summed E-state index contributed by atoms with van der Waals surface area (Å²) in [5.74, 6) is 1.68. The first kappa shape index (κ1) is 18.0. The Morgan fingerprint density at radius 2 is 1.80 bits per heavy atom. The molecule has 3 unspecified atom stereocenters. The molecule has 0 radical (unpaired) electrons. The Morgan fingerprint density at radius 3 is 2.30 bits per heavy atom. The maximum atomic E-state index is 12.7. The Labute approximate surface area is 125 Å². The number of hydrogen-bond donors (Lipinski definition) is 1. The summed E-state index contributed by atoms with van der Waals surface area (Å²) in [7, 11) is -2.99. The maximum absolute atomic E-state index is 12.7. The molecule has 1 saturated carbocycles. The summed E-state index contributed by atoms with van der Waals surface area (Å²) < 4.78 is 25.4. The van der Waals surface area contributed by atoms with Crippen molar-refractivity contribution in [2.45, 2.75) is 71.6 Å². The number of nitrogens with one attached hydrogen (secondary N) is 1. The van der Waals surface area contributed by atoms with Gasteiger partial charge in [-0.15, -0.1) is 0 Å². The molecule has 1 N–H and O–H groups in total. The molecule has 0 bridgehead atoms. The van der Waals surface area contributed by atoms with Gasteiger partial charge < -0.3 is 5.32 Å². The van der Waals surface area contributed by atoms with E-state index < -0.39 is 9.84 Å². The van der Waals surface area contributed by atoms with Crippen LogP contribution in [0.25, 0.3) is 0 Å². The smallest absolute Gasteiger partial charge is 0.154 e. The number of sulfone groups is 1. The van der Waals surface area contributed by atoms with Crippen molar-refractivity contribution in [1.82, 2.24) is 5.32 Å². The summed E-state index contributed by atoms with van der Waals surface area (Å²) in [6, 6.07) is 0.161. The Kier molecular flexibility index (Phi) is 6.99. The zero-order chi connectivity index (χ0) is 15.3. The van der Waals surface area contributed by atoms with E-state index in [1.165, 1.54) is 0 Å². The fourth-order valence-electron chi connectivity index (χ4n) is 3.31. The summed E-state index contributed by atoms with van der Waals surface area (Å²) in [5, 5.41) is 3.30. The van der Waals surface area contributed by atoms with Crippen molar-refractivity contribution in [3.05, 3.63) is 0 Å². The largest absolute Gasteiger partial charge is 0.313 e. The predicted octanol–water partition coefficient (Wildman–Crippen LogP) is 3.25. The molecular formula is C16H33NO2S. The summed E-state index contributed by atoms with van der Waals surface area (Å²) in [5.41, 5.74) is 0. The van der Waals surface area contributed by atoms with Crippen LogP contribution in [-0.2, 0) is 9.84 Å². The first-order valence-corrected chi connectivity index (χ1v) is 9.94. The van der Waals surface area contributed by atoms with E-state index in [1.807, 2.05) is 13.8 Å². The van der Waals surface area contributed by atoms with Gasteiger partial charge in [-0.25, -0.2) is 8.42 Å². The third kappa shape index (κ3) is 5.03. The van der Waals surface area contributed by atoms with Gasteiger partial charge in [0, 0.05) is 6.04 Å². The fraction of sp³-hybridized carbons (Fsp3) is 1.00. The van der Waals surface area contributed by atoms with Crippen LogP contribution < -0.4 is 5.32 Å². The summed E-state index contributed by atoms with van der Waals surface area (Å²) in [6.45, 7) is 11.5. The summed E-state index contributed by atoms with van der Waals surface area (Å²) >= 11 is 0. The lowest BCUT2D eigenvalue weighted by Gasteiger charge is -2.38. The van der Waals surface area contributed by atoms with Crippen molar-refractivity contribution < 1.29 is 8.42 Å². The van der Waals surface area contributed by atoms with Crippen LogP contribution in [0.3, 0.4) is 0 Å². The summed E-state index contributed by atoms with van der Waals surface area (Å²) in [6.07, 6.45) is 4.06. The van der Waals surface area contributed by atoms with E-state index >= 15 is 0 Å². The molecular weight excluding hydrogens is 270 g/mol. The summed E-state index contributed by atoms with van der Waals surface area (Å²) in [4.78, 5) is 0. The predicted molar refractivity (Wildman–Crippen MR) is 86.7 cm³/mol. The van der Waals surface area contributed by atoms with E-state index in [2.05, 4.69) is 26.1 Å². The number of hydrogen-bond acceptors (Lipinski definition) is 3. The first-order chi connectivity index (χ1) is 9.27. The molecule has 0 aliphatic heterocycles. The van der Waals surface area contributed by atoms with Gasteiger partial charge in [-0.2, -0.15) is 0 Å². The van der Waals surface area contributed by atoms with Crippen molar-refractivity contribution in [2.24, 2.45) is 17.8 Å². The van der Waals surface area contributed by atoms with Crippen molar-refractivity contribution in [1.29, 1.82) is 0 Å². The van der Waals surface area contributed by atoms with Crippen molar-refractivity contribution >= 4 is 9.84 Å². The molecule has 0 amide bonds. The Morgan fingerprint density at radius 1 is 1.15 bits per heavy atom. The molecule has 1 aliphatic rings. The van der Waals surface area contributed by atoms with Crippen LogP contribution >= 0.6 is 0 Å². The molecule has 0 aromatic rings. The minimum atomic E-state index is -2.99. The molecule has 4 heteroatoms. The van der Waals surface area contributed by atoms with Crippen LogP contribution in [0.2, 0.25) is 0 Å². The van der Waals surface area contributed by atoms with Gasteiger partial charge in [-0.1, -0.05) is 34.6 Å². The molecule has 1 aliphatic carbocycles. The van der Waals surface area contributed by atoms with Gasteiger partial charge in [0.25, 0.3) is 0 Å². The van der Waals surface area contributed by atoms with E-state index in [4.69, 9.17) is 0 Å². The second kappa shape index (κ2) is 7.79. The fourth-order valence-corrected chi connectivity index (χ4v) is 5.76. The SMILES string of the molecule is CCCNC1CCC(C(C)C)CC1S(=O)(=O)CC(C)C. The van der Waals surface area contributed by atoms with Crippen LogP contribution in [0.4, 0.5) is 0 Å². The molecule has 20 heavy (non-hydrogen) atoms. The van der Waals surface area contributed by atoms with Crippen LogP contribution in [0, 0.1) is 17.8 Å². The lowest BCUT2D eigenvalue weighted by Crippen LogP contribution is -2.50. The molecule has 0 heterocycles. The molecule has 1 fully saturated rings. The van der Waals surface area contributed by atoms with Gasteiger partial charge in [0.15, 0.2) is 9.84 Å². The lowest BCUT2D eigenvalue weighted by atomic mass is 9.79. The Balaban J connectivity index is 2.85. The highest BCUT2D eigenvalue weighted by molar-refractivity contribution is 7.92. The highest BCUT2D eigenvalue weighted by Gasteiger charge is 2.39. The third-order valence-corrected chi connectivity index (χ3v) is 7.03. The molecule has 1 rings (SSSR count). The van der Waals surface area contributed by atoms with E-state index in [0.29, 0.717) is 17.6 Å². The van der Waals surface area contributed by atoms with E-state index in [1.54, 1.807) is 0 Å². The molecule has 120 valence electrons. The average molecular weight is 304 g/mol. The van der Waals surface area contributed by atoms with E-state index in [9.17, 15) is 8.42 Å². The van der Waals surface area contributed by atoms with Crippen LogP contribution in [-0.4, -0.2) is 32.0 Å². The topological polar surface area (TPSA) is 46.2 Å². The zero-order valence-electron chi connectivity index (χ0n) is 13.9. The minimum absolute atomic E-state index is 0.161. The maximum Gasteiger partial charge on any atom is 0.154 e. The van der Waals surface area contributed by atoms with Gasteiger partial charge in [0.1, 0.15) is 0 Å². The van der Waals surface area contributed by atoms with Crippen LogP contribution in [0.15, 0.2) is 0 Å². The first-order valence-electron chi connectivity index (χ1n) is 8.22. The van der Waals surface area contributed by atoms with Gasteiger partial charge in [0.2, 0.25) is 0 Å². The Bertz CT molecular complexity index is 376. The quantitative estimate of drug-likeness (QED) is 0.785. The normalized spacial score (nSPS) is 28.2. The second-order valence-corrected chi connectivity index (χ2v) is 9.40. The van der Waals surface area contributed by atoms with Crippen LogP contribution in [0.1, 0.15) is 60.3 Å². The Hall–Kier alpha value is -0.0900. The third-order valence-electron chi connectivity index (χ3n) is 4.46. The molecule has 0 saturated heterocycles. The molecule has 3 nitrogen and oxygen atoms in total.